The Morgan fingerprint density at radius 3 is 2.77 bits per heavy atom. The fourth-order valence-corrected chi connectivity index (χ4v) is 2.21. The number of ether oxygens (including phenoxy) is 1. The molecule has 6 nitrogen and oxygen atoms in total. The summed E-state index contributed by atoms with van der Waals surface area (Å²) in [5.74, 6) is -1.07. The normalized spacial score (nSPS) is 11.6. The third-order valence-electron chi connectivity index (χ3n) is 3.21. The van der Waals surface area contributed by atoms with Crippen LogP contribution in [0.1, 0.15) is 26.3 Å². The predicted molar refractivity (Wildman–Crippen MR) is 99.5 cm³/mol. The van der Waals surface area contributed by atoms with E-state index in [9.17, 15) is 14.0 Å². The number of halogens is 2. The van der Waals surface area contributed by atoms with Crippen LogP contribution in [0.25, 0.3) is 6.08 Å². The maximum atomic E-state index is 13.2. The largest absolute Gasteiger partial charge is 0.442 e. The zero-order valence-electron chi connectivity index (χ0n) is 14.6. The number of benzene rings is 1. The van der Waals surface area contributed by atoms with Gasteiger partial charge in [0, 0.05) is 6.08 Å². The third-order valence-corrected chi connectivity index (χ3v) is 3.82. The van der Waals surface area contributed by atoms with Gasteiger partial charge >= 0.3 is 5.97 Å². The zero-order valence-corrected chi connectivity index (χ0v) is 16.2. The molecule has 1 N–H and O–H groups in total. The van der Waals surface area contributed by atoms with Crippen molar-refractivity contribution >= 4 is 39.6 Å². The van der Waals surface area contributed by atoms with Crippen LogP contribution in [0.5, 0.6) is 0 Å². The molecule has 0 spiro atoms. The molecule has 0 saturated heterocycles. The number of anilines is 1. The lowest BCUT2D eigenvalue weighted by molar-refractivity contribution is -0.157. The Balaban J connectivity index is 1.89. The maximum Gasteiger partial charge on any atom is 0.313 e. The highest BCUT2D eigenvalue weighted by Gasteiger charge is 2.23. The summed E-state index contributed by atoms with van der Waals surface area (Å²) in [5.41, 5.74) is 0.551. The molecule has 2 rings (SSSR count). The highest BCUT2D eigenvalue weighted by Crippen LogP contribution is 2.18. The number of esters is 1. The summed E-state index contributed by atoms with van der Waals surface area (Å²) in [6, 6.07) is 4.44. The minimum absolute atomic E-state index is 0.0363. The van der Waals surface area contributed by atoms with Crippen LogP contribution in [0.15, 0.2) is 41.1 Å². The Morgan fingerprint density at radius 2 is 2.12 bits per heavy atom. The van der Waals surface area contributed by atoms with Crippen LogP contribution in [-0.4, -0.2) is 21.7 Å². The van der Waals surface area contributed by atoms with Crippen LogP contribution >= 0.6 is 15.9 Å². The van der Waals surface area contributed by atoms with E-state index >= 15 is 0 Å². The molecule has 0 radical (unpaired) electrons. The molecular weight excluding hydrogens is 405 g/mol. The summed E-state index contributed by atoms with van der Waals surface area (Å²) in [6.07, 6.45) is 5.90. The van der Waals surface area contributed by atoms with Gasteiger partial charge in [-0.15, -0.1) is 0 Å². The van der Waals surface area contributed by atoms with Crippen molar-refractivity contribution in [3.8, 4) is 0 Å². The fourth-order valence-electron chi connectivity index (χ4n) is 1.81. The highest BCUT2D eigenvalue weighted by atomic mass is 79.9. The minimum Gasteiger partial charge on any atom is -0.442 e. The van der Waals surface area contributed by atoms with E-state index in [0.717, 1.165) is 0 Å². The van der Waals surface area contributed by atoms with Crippen molar-refractivity contribution in [3.05, 3.63) is 52.5 Å². The van der Waals surface area contributed by atoms with Crippen LogP contribution in [0.2, 0.25) is 0 Å². The number of hydrogen-bond donors (Lipinski definition) is 1. The average Bonchev–Trinajstić information content (AvgIpc) is 3.00. The smallest absolute Gasteiger partial charge is 0.313 e. The summed E-state index contributed by atoms with van der Waals surface area (Å²) in [4.78, 5) is 23.7. The first-order chi connectivity index (χ1) is 12.1. The van der Waals surface area contributed by atoms with Gasteiger partial charge in [0.05, 0.1) is 28.0 Å². The molecule has 0 aliphatic heterocycles. The lowest BCUT2D eigenvalue weighted by Crippen LogP contribution is -2.24. The second-order valence-corrected chi connectivity index (χ2v) is 7.43. The Hall–Kier alpha value is -2.48. The molecule has 8 heteroatoms. The van der Waals surface area contributed by atoms with Gasteiger partial charge in [-0.25, -0.2) is 9.07 Å². The third kappa shape index (κ3) is 5.80. The predicted octanol–water partition coefficient (Wildman–Crippen LogP) is 3.98. The quantitative estimate of drug-likeness (QED) is 0.582. The molecule has 0 fully saturated rings. The van der Waals surface area contributed by atoms with Gasteiger partial charge in [0.2, 0.25) is 5.91 Å². The first-order valence-electron chi connectivity index (χ1n) is 7.79. The van der Waals surface area contributed by atoms with E-state index in [2.05, 4.69) is 26.3 Å². The topological polar surface area (TPSA) is 73.2 Å². The molecule has 26 heavy (non-hydrogen) atoms. The average molecular weight is 424 g/mol. The van der Waals surface area contributed by atoms with Gasteiger partial charge in [-0.2, -0.15) is 5.10 Å². The molecular formula is C18H19BrFN3O3. The van der Waals surface area contributed by atoms with E-state index in [0.29, 0.717) is 15.7 Å². The summed E-state index contributed by atoms with van der Waals surface area (Å²) < 4.78 is 20.0. The lowest BCUT2D eigenvalue weighted by Gasteiger charge is -2.16. The SMILES string of the molecule is CC(C)(C)C(=O)OCn1cc(NC(=O)/C=C/c2ccc(F)c(Br)c2)cn1. The van der Waals surface area contributed by atoms with Crippen molar-refractivity contribution in [2.24, 2.45) is 5.41 Å². The van der Waals surface area contributed by atoms with Crippen molar-refractivity contribution in [2.45, 2.75) is 27.5 Å². The molecule has 1 amide bonds. The van der Waals surface area contributed by atoms with E-state index in [1.165, 1.54) is 23.0 Å². The van der Waals surface area contributed by atoms with Crippen LogP contribution in [0.4, 0.5) is 10.1 Å². The first kappa shape index (κ1) is 19.8. The second-order valence-electron chi connectivity index (χ2n) is 6.58. The highest BCUT2D eigenvalue weighted by molar-refractivity contribution is 9.10. The van der Waals surface area contributed by atoms with Crippen molar-refractivity contribution in [3.63, 3.8) is 0 Å². The van der Waals surface area contributed by atoms with Crippen LogP contribution < -0.4 is 5.32 Å². The van der Waals surface area contributed by atoms with Crippen LogP contribution in [-0.2, 0) is 21.1 Å². The molecule has 0 bridgehead atoms. The molecule has 0 unspecified atom stereocenters. The van der Waals surface area contributed by atoms with Crippen molar-refractivity contribution in [2.75, 3.05) is 5.32 Å². The molecule has 0 atom stereocenters. The number of carbonyl (C=O) groups excluding carboxylic acids is 2. The Kier molecular flexibility index (Phi) is 6.31. The van der Waals surface area contributed by atoms with Gasteiger partial charge in [0.15, 0.2) is 6.73 Å². The molecule has 1 aromatic carbocycles. The molecule has 0 aliphatic carbocycles. The number of amides is 1. The van der Waals surface area contributed by atoms with Crippen LogP contribution in [0.3, 0.4) is 0 Å². The Morgan fingerprint density at radius 1 is 1.38 bits per heavy atom. The van der Waals surface area contributed by atoms with Gasteiger partial charge in [-0.1, -0.05) is 6.07 Å². The van der Waals surface area contributed by atoms with Gasteiger partial charge in [0.1, 0.15) is 5.82 Å². The second kappa shape index (κ2) is 8.27. The van der Waals surface area contributed by atoms with E-state index < -0.39 is 5.41 Å². The maximum absolute atomic E-state index is 13.2. The van der Waals surface area contributed by atoms with E-state index in [1.807, 2.05) is 0 Å². The van der Waals surface area contributed by atoms with E-state index in [4.69, 9.17) is 4.74 Å². The molecule has 2 aromatic rings. The van der Waals surface area contributed by atoms with Gasteiger partial charge in [-0.3, -0.25) is 9.59 Å². The zero-order chi connectivity index (χ0) is 19.3. The van der Waals surface area contributed by atoms with Crippen LogP contribution in [0, 0.1) is 11.2 Å². The minimum atomic E-state index is -0.593. The van der Waals surface area contributed by atoms with E-state index in [1.54, 1.807) is 45.2 Å². The lowest BCUT2D eigenvalue weighted by atomic mass is 9.98. The number of aromatic nitrogens is 2. The summed E-state index contributed by atoms with van der Waals surface area (Å²) in [7, 11) is 0. The number of carbonyl (C=O) groups is 2. The summed E-state index contributed by atoms with van der Waals surface area (Å²) >= 11 is 3.09. The molecule has 1 aromatic heterocycles. The van der Waals surface area contributed by atoms with Crippen molar-refractivity contribution in [1.29, 1.82) is 0 Å². The Labute approximate surface area is 159 Å². The fraction of sp³-hybridized carbons (Fsp3) is 0.278. The van der Waals surface area contributed by atoms with Gasteiger partial charge in [0.25, 0.3) is 0 Å². The molecule has 0 saturated carbocycles. The van der Waals surface area contributed by atoms with Crippen molar-refractivity contribution < 1.29 is 18.7 Å². The standard InChI is InChI=1S/C18H19BrFN3O3/c1-18(2,3)17(25)26-11-23-10-13(9-21-23)22-16(24)7-5-12-4-6-15(20)14(19)8-12/h4-10H,11H2,1-3H3,(H,22,24)/b7-5+. The first-order valence-corrected chi connectivity index (χ1v) is 8.58. The Bertz CT molecular complexity index is 840. The monoisotopic (exact) mass is 423 g/mol. The van der Waals surface area contributed by atoms with Gasteiger partial charge in [-0.05, 0) is 60.5 Å². The number of nitrogens with one attached hydrogen (secondary N) is 1. The number of nitrogens with zero attached hydrogens (tertiary/aromatic N) is 2. The van der Waals surface area contributed by atoms with Crippen molar-refractivity contribution in [1.82, 2.24) is 9.78 Å². The molecule has 0 aliphatic rings. The summed E-state index contributed by atoms with van der Waals surface area (Å²) in [5, 5.41) is 6.66. The number of rotatable bonds is 5. The number of hydrogen-bond acceptors (Lipinski definition) is 4. The molecule has 138 valence electrons. The summed E-state index contributed by atoms with van der Waals surface area (Å²) in [6.45, 7) is 5.24. The van der Waals surface area contributed by atoms with E-state index in [-0.39, 0.29) is 24.4 Å². The van der Waals surface area contributed by atoms with Gasteiger partial charge < -0.3 is 10.1 Å². The molecule has 1 heterocycles.